The Bertz CT molecular complexity index is 621. The molecule has 112 valence electrons. The van der Waals surface area contributed by atoms with Crippen LogP contribution >= 0.6 is 0 Å². The zero-order valence-electron chi connectivity index (χ0n) is 11.4. The standard InChI is InChI=1S/C14H14F3N3O/c1-13(12(19)21)4-5-20(8-13)10-3-2-9(7-18)11(6-10)14(15,16)17/h2-3,6H,4-5,8H2,1H3,(H2,19,21). The Morgan fingerprint density at radius 2 is 2.14 bits per heavy atom. The van der Waals surface area contributed by atoms with Crippen molar-refractivity contribution in [3.05, 3.63) is 29.3 Å². The number of nitriles is 1. The van der Waals surface area contributed by atoms with Crippen molar-refractivity contribution in [3.63, 3.8) is 0 Å². The molecule has 1 unspecified atom stereocenters. The van der Waals surface area contributed by atoms with Crippen LogP contribution in [-0.2, 0) is 11.0 Å². The van der Waals surface area contributed by atoms with Gasteiger partial charge in [0.15, 0.2) is 0 Å². The highest BCUT2D eigenvalue weighted by Crippen LogP contribution is 2.37. The molecule has 1 amide bonds. The second-order valence-electron chi connectivity index (χ2n) is 5.44. The van der Waals surface area contributed by atoms with Crippen LogP contribution in [0.1, 0.15) is 24.5 Å². The lowest BCUT2D eigenvalue weighted by molar-refractivity contribution is -0.137. The van der Waals surface area contributed by atoms with E-state index in [9.17, 15) is 18.0 Å². The topological polar surface area (TPSA) is 70.1 Å². The Morgan fingerprint density at radius 3 is 2.62 bits per heavy atom. The largest absolute Gasteiger partial charge is 0.417 e. The summed E-state index contributed by atoms with van der Waals surface area (Å²) < 4.78 is 38.8. The number of nitrogens with two attached hydrogens (primary N) is 1. The molecule has 0 aliphatic carbocycles. The lowest BCUT2D eigenvalue weighted by Gasteiger charge is -2.23. The van der Waals surface area contributed by atoms with E-state index in [4.69, 9.17) is 11.0 Å². The zero-order valence-corrected chi connectivity index (χ0v) is 11.4. The van der Waals surface area contributed by atoms with Crippen LogP contribution in [-0.4, -0.2) is 19.0 Å². The second kappa shape index (κ2) is 4.95. The fourth-order valence-corrected chi connectivity index (χ4v) is 2.44. The van der Waals surface area contributed by atoms with Crippen molar-refractivity contribution in [2.24, 2.45) is 11.1 Å². The molecule has 2 N–H and O–H groups in total. The normalized spacial score (nSPS) is 22.1. The molecule has 0 spiro atoms. The number of benzene rings is 1. The predicted octanol–water partition coefficient (Wildman–Crippen LogP) is 2.28. The molecule has 0 saturated carbocycles. The molecule has 1 heterocycles. The smallest absolute Gasteiger partial charge is 0.370 e. The maximum Gasteiger partial charge on any atom is 0.417 e. The van der Waals surface area contributed by atoms with Gasteiger partial charge >= 0.3 is 6.18 Å². The third-order valence-corrected chi connectivity index (χ3v) is 3.86. The maximum absolute atomic E-state index is 12.9. The highest BCUT2D eigenvalue weighted by molar-refractivity contribution is 5.82. The average Bonchev–Trinajstić information content (AvgIpc) is 2.81. The van der Waals surface area contributed by atoms with Gasteiger partial charge in [0.1, 0.15) is 0 Å². The second-order valence-corrected chi connectivity index (χ2v) is 5.44. The molecular formula is C14H14F3N3O. The number of halogens is 3. The number of amides is 1. The lowest BCUT2D eigenvalue weighted by Crippen LogP contribution is -2.37. The molecule has 0 aromatic heterocycles. The quantitative estimate of drug-likeness (QED) is 0.910. The summed E-state index contributed by atoms with van der Waals surface area (Å²) in [7, 11) is 0. The van der Waals surface area contributed by atoms with E-state index >= 15 is 0 Å². The summed E-state index contributed by atoms with van der Waals surface area (Å²) in [6.07, 6.45) is -4.10. The SMILES string of the molecule is CC1(C(N)=O)CCN(c2ccc(C#N)c(C(F)(F)F)c2)C1. The van der Waals surface area contributed by atoms with Crippen molar-refractivity contribution in [1.82, 2.24) is 0 Å². The highest BCUT2D eigenvalue weighted by Gasteiger charge is 2.40. The van der Waals surface area contributed by atoms with Gasteiger partial charge in [-0.05, 0) is 31.5 Å². The molecule has 1 atom stereocenters. The zero-order chi connectivity index (χ0) is 15.8. The predicted molar refractivity (Wildman–Crippen MR) is 70.3 cm³/mol. The van der Waals surface area contributed by atoms with Gasteiger partial charge in [0.05, 0.1) is 22.6 Å². The third kappa shape index (κ3) is 2.79. The van der Waals surface area contributed by atoms with Gasteiger partial charge in [-0.15, -0.1) is 0 Å². The molecule has 7 heteroatoms. The van der Waals surface area contributed by atoms with E-state index in [0.717, 1.165) is 12.1 Å². The van der Waals surface area contributed by atoms with Crippen LogP contribution in [0.25, 0.3) is 0 Å². The van der Waals surface area contributed by atoms with Gasteiger partial charge in [0, 0.05) is 18.8 Å². The van der Waals surface area contributed by atoms with Crippen molar-refractivity contribution < 1.29 is 18.0 Å². The summed E-state index contributed by atoms with van der Waals surface area (Å²) in [5.41, 5.74) is 3.55. The Kier molecular flexibility index (Phi) is 3.58. The molecule has 21 heavy (non-hydrogen) atoms. The molecule has 1 saturated heterocycles. The van der Waals surface area contributed by atoms with E-state index in [1.54, 1.807) is 17.9 Å². The minimum Gasteiger partial charge on any atom is -0.370 e. The Balaban J connectivity index is 2.35. The summed E-state index contributed by atoms with van der Waals surface area (Å²) in [5.74, 6) is -0.463. The number of nitrogens with zero attached hydrogens (tertiary/aromatic N) is 2. The Labute approximate surface area is 119 Å². The van der Waals surface area contributed by atoms with Crippen LogP contribution in [0.2, 0.25) is 0 Å². The van der Waals surface area contributed by atoms with Crippen LogP contribution in [0, 0.1) is 16.7 Å². The van der Waals surface area contributed by atoms with E-state index < -0.39 is 28.6 Å². The summed E-state index contributed by atoms with van der Waals surface area (Å²) in [5, 5.41) is 8.77. The van der Waals surface area contributed by atoms with Crippen molar-refractivity contribution in [2.75, 3.05) is 18.0 Å². The fraction of sp³-hybridized carbons (Fsp3) is 0.429. The van der Waals surface area contributed by atoms with E-state index in [2.05, 4.69) is 0 Å². The average molecular weight is 297 g/mol. The molecule has 4 nitrogen and oxygen atoms in total. The fourth-order valence-electron chi connectivity index (χ4n) is 2.44. The molecule has 0 radical (unpaired) electrons. The Morgan fingerprint density at radius 1 is 1.48 bits per heavy atom. The van der Waals surface area contributed by atoms with Gasteiger partial charge < -0.3 is 10.6 Å². The summed E-state index contributed by atoms with van der Waals surface area (Å²) >= 11 is 0. The van der Waals surface area contributed by atoms with Gasteiger partial charge in [-0.3, -0.25) is 4.79 Å². The van der Waals surface area contributed by atoms with Crippen molar-refractivity contribution >= 4 is 11.6 Å². The van der Waals surface area contributed by atoms with Crippen LogP contribution in [0.4, 0.5) is 18.9 Å². The van der Waals surface area contributed by atoms with Crippen LogP contribution < -0.4 is 10.6 Å². The first-order valence-electron chi connectivity index (χ1n) is 6.33. The van der Waals surface area contributed by atoms with Gasteiger partial charge in [-0.2, -0.15) is 18.4 Å². The number of rotatable bonds is 2. The van der Waals surface area contributed by atoms with Crippen molar-refractivity contribution in [1.29, 1.82) is 5.26 Å². The molecule has 1 aromatic rings. The van der Waals surface area contributed by atoms with E-state index in [1.165, 1.54) is 6.07 Å². The van der Waals surface area contributed by atoms with E-state index in [0.29, 0.717) is 18.7 Å². The first kappa shape index (κ1) is 15.2. The summed E-state index contributed by atoms with van der Waals surface area (Å²) in [4.78, 5) is 13.1. The number of primary amides is 1. The minimum atomic E-state index is -4.59. The van der Waals surface area contributed by atoms with Crippen molar-refractivity contribution in [3.8, 4) is 6.07 Å². The molecule has 1 aliphatic rings. The van der Waals surface area contributed by atoms with Gasteiger partial charge in [-0.25, -0.2) is 0 Å². The molecular weight excluding hydrogens is 283 g/mol. The molecule has 1 aliphatic heterocycles. The minimum absolute atomic E-state index is 0.269. The number of alkyl halides is 3. The molecule has 0 bridgehead atoms. The molecule has 2 rings (SSSR count). The van der Waals surface area contributed by atoms with Crippen LogP contribution in [0.3, 0.4) is 0 Å². The third-order valence-electron chi connectivity index (χ3n) is 3.86. The first-order valence-corrected chi connectivity index (χ1v) is 6.33. The lowest BCUT2D eigenvalue weighted by atomic mass is 9.89. The van der Waals surface area contributed by atoms with E-state index in [-0.39, 0.29) is 6.54 Å². The number of carbonyl (C=O) groups excluding carboxylic acids is 1. The van der Waals surface area contributed by atoms with Gasteiger partial charge in [0.25, 0.3) is 0 Å². The molecule has 1 fully saturated rings. The summed E-state index contributed by atoms with van der Waals surface area (Å²) in [6, 6.07) is 5.10. The monoisotopic (exact) mass is 297 g/mol. The molecule has 1 aromatic carbocycles. The number of hydrogen-bond donors (Lipinski definition) is 1. The van der Waals surface area contributed by atoms with Gasteiger partial charge in [0.2, 0.25) is 5.91 Å². The van der Waals surface area contributed by atoms with Gasteiger partial charge in [-0.1, -0.05) is 0 Å². The first-order chi connectivity index (χ1) is 9.67. The summed E-state index contributed by atoms with van der Waals surface area (Å²) in [6.45, 7) is 2.41. The number of anilines is 1. The van der Waals surface area contributed by atoms with Crippen molar-refractivity contribution in [2.45, 2.75) is 19.5 Å². The Hall–Kier alpha value is -2.23. The van der Waals surface area contributed by atoms with E-state index in [1.807, 2.05) is 0 Å². The highest BCUT2D eigenvalue weighted by atomic mass is 19.4. The van der Waals surface area contributed by atoms with Crippen LogP contribution in [0.15, 0.2) is 18.2 Å². The number of carbonyl (C=O) groups is 1. The van der Waals surface area contributed by atoms with Crippen LogP contribution in [0.5, 0.6) is 0 Å². The number of hydrogen-bond acceptors (Lipinski definition) is 3. The maximum atomic E-state index is 12.9.